The maximum atomic E-state index is 12.2. The van der Waals surface area contributed by atoms with Gasteiger partial charge < -0.3 is 9.97 Å². The van der Waals surface area contributed by atoms with Crippen LogP contribution in [0, 0.1) is 0 Å². The number of pyridine rings is 1. The zero-order chi connectivity index (χ0) is 12.4. The summed E-state index contributed by atoms with van der Waals surface area (Å²) in [4.78, 5) is 32.5. The summed E-state index contributed by atoms with van der Waals surface area (Å²) in [6, 6.07) is 3.25. The van der Waals surface area contributed by atoms with Crippen LogP contribution >= 0.6 is 0 Å². The molecule has 0 aliphatic rings. The number of H-pyrrole nitrogens is 2. The Morgan fingerprint density at radius 2 is 1.88 bits per heavy atom. The number of carbonyl (C=O) groups excluding carboxylic acids is 1. The fourth-order valence-corrected chi connectivity index (χ4v) is 1.66. The first-order valence-electron chi connectivity index (χ1n) is 5.36. The first kappa shape index (κ1) is 11.3. The third kappa shape index (κ3) is 2.18. The van der Waals surface area contributed by atoms with Gasteiger partial charge >= 0.3 is 5.69 Å². The molecule has 0 saturated carbocycles. The molecular weight excluding hydrogens is 218 g/mol. The Hall–Kier alpha value is -2.17. The number of aromatic amines is 2. The molecule has 0 aliphatic heterocycles. The van der Waals surface area contributed by atoms with Crippen LogP contribution in [0.2, 0.25) is 0 Å². The second kappa shape index (κ2) is 4.37. The van der Waals surface area contributed by atoms with Crippen molar-refractivity contribution < 1.29 is 4.79 Å². The van der Waals surface area contributed by atoms with Gasteiger partial charge in [-0.25, -0.2) is 4.79 Å². The number of aromatic nitrogens is 3. The standard InChI is InChI=1S/C12H13N3O2/c1-7(2)9-10(15-12(17)14-9)11(16)8-3-5-13-6-4-8/h3-7H,1-2H3,(H2,14,15,17). The van der Waals surface area contributed by atoms with Crippen molar-refractivity contribution >= 4 is 5.78 Å². The molecule has 17 heavy (non-hydrogen) atoms. The number of carbonyl (C=O) groups is 1. The molecular formula is C12H13N3O2. The normalized spacial score (nSPS) is 10.8. The highest BCUT2D eigenvalue weighted by Gasteiger charge is 2.18. The maximum Gasteiger partial charge on any atom is 0.323 e. The summed E-state index contributed by atoms with van der Waals surface area (Å²) in [5.74, 6) is -0.121. The van der Waals surface area contributed by atoms with Gasteiger partial charge in [0.25, 0.3) is 0 Å². The molecule has 2 rings (SSSR count). The van der Waals surface area contributed by atoms with Crippen LogP contribution in [0.5, 0.6) is 0 Å². The van der Waals surface area contributed by atoms with Crippen LogP contribution in [0.1, 0.15) is 41.5 Å². The van der Waals surface area contributed by atoms with E-state index in [2.05, 4.69) is 15.0 Å². The minimum atomic E-state index is -0.355. The van der Waals surface area contributed by atoms with Gasteiger partial charge in [-0.15, -0.1) is 0 Å². The van der Waals surface area contributed by atoms with Crippen molar-refractivity contribution in [2.24, 2.45) is 0 Å². The fourth-order valence-electron chi connectivity index (χ4n) is 1.66. The third-order valence-corrected chi connectivity index (χ3v) is 2.50. The molecule has 0 fully saturated rings. The average Bonchev–Trinajstić information content (AvgIpc) is 2.72. The van der Waals surface area contributed by atoms with Crippen molar-refractivity contribution in [1.82, 2.24) is 15.0 Å². The zero-order valence-corrected chi connectivity index (χ0v) is 9.65. The number of hydrogen-bond donors (Lipinski definition) is 2. The Morgan fingerprint density at radius 3 is 2.47 bits per heavy atom. The van der Waals surface area contributed by atoms with Crippen LogP contribution in [-0.4, -0.2) is 20.7 Å². The van der Waals surface area contributed by atoms with E-state index in [-0.39, 0.29) is 17.4 Å². The van der Waals surface area contributed by atoms with Crippen LogP contribution in [0.3, 0.4) is 0 Å². The monoisotopic (exact) mass is 231 g/mol. The van der Waals surface area contributed by atoms with E-state index in [1.807, 2.05) is 13.8 Å². The van der Waals surface area contributed by atoms with Crippen LogP contribution in [0.25, 0.3) is 0 Å². The van der Waals surface area contributed by atoms with E-state index in [1.165, 1.54) is 0 Å². The summed E-state index contributed by atoms with van der Waals surface area (Å²) in [6.45, 7) is 3.84. The van der Waals surface area contributed by atoms with E-state index < -0.39 is 0 Å². The van der Waals surface area contributed by atoms with Gasteiger partial charge in [-0.3, -0.25) is 9.78 Å². The Morgan fingerprint density at radius 1 is 1.24 bits per heavy atom. The van der Waals surface area contributed by atoms with Crippen molar-refractivity contribution in [2.75, 3.05) is 0 Å². The largest absolute Gasteiger partial charge is 0.323 e. The molecule has 2 heterocycles. The maximum absolute atomic E-state index is 12.2. The Kier molecular flexibility index (Phi) is 2.91. The smallest absolute Gasteiger partial charge is 0.309 e. The molecule has 0 saturated heterocycles. The van der Waals surface area contributed by atoms with Crippen LogP contribution in [-0.2, 0) is 0 Å². The number of nitrogens with zero attached hydrogens (tertiary/aromatic N) is 1. The molecule has 0 radical (unpaired) electrons. The van der Waals surface area contributed by atoms with Gasteiger partial charge in [0.1, 0.15) is 5.69 Å². The Labute approximate surface area is 97.9 Å². The first-order valence-corrected chi connectivity index (χ1v) is 5.36. The number of nitrogens with one attached hydrogen (secondary N) is 2. The molecule has 5 nitrogen and oxygen atoms in total. The van der Waals surface area contributed by atoms with Gasteiger partial charge in [-0.05, 0) is 18.1 Å². The number of ketones is 1. The molecule has 0 atom stereocenters. The van der Waals surface area contributed by atoms with E-state index in [0.717, 1.165) is 0 Å². The van der Waals surface area contributed by atoms with E-state index >= 15 is 0 Å². The van der Waals surface area contributed by atoms with Gasteiger partial charge in [-0.2, -0.15) is 0 Å². The minimum absolute atomic E-state index is 0.0785. The highest BCUT2D eigenvalue weighted by Crippen LogP contribution is 2.16. The third-order valence-electron chi connectivity index (χ3n) is 2.50. The minimum Gasteiger partial charge on any atom is -0.309 e. The van der Waals surface area contributed by atoms with E-state index in [4.69, 9.17) is 0 Å². The summed E-state index contributed by atoms with van der Waals surface area (Å²) in [5.41, 5.74) is 1.12. The topological polar surface area (TPSA) is 78.6 Å². The molecule has 5 heteroatoms. The van der Waals surface area contributed by atoms with Crippen LogP contribution < -0.4 is 5.69 Å². The van der Waals surface area contributed by atoms with Gasteiger partial charge in [0.05, 0.1) is 0 Å². The Balaban J connectivity index is 2.48. The number of rotatable bonds is 3. The van der Waals surface area contributed by atoms with Crippen molar-refractivity contribution in [3.63, 3.8) is 0 Å². The molecule has 2 N–H and O–H groups in total. The molecule has 0 aromatic carbocycles. The number of hydrogen-bond acceptors (Lipinski definition) is 3. The van der Waals surface area contributed by atoms with Gasteiger partial charge in [0.2, 0.25) is 5.78 Å². The summed E-state index contributed by atoms with van der Waals surface area (Å²) in [6.07, 6.45) is 3.10. The molecule has 2 aromatic rings. The highest BCUT2D eigenvalue weighted by atomic mass is 16.1. The highest BCUT2D eigenvalue weighted by molar-refractivity contribution is 6.08. The lowest BCUT2D eigenvalue weighted by molar-refractivity contribution is 0.103. The van der Waals surface area contributed by atoms with E-state index in [1.54, 1.807) is 24.5 Å². The lowest BCUT2D eigenvalue weighted by Gasteiger charge is -2.05. The molecule has 0 aliphatic carbocycles. The van der Waals surface area contributed by atoms with Crippen LogP contribution in [0.4, 0.5) is 0 Å². The van der Waals surface area contributed by atoms with Crippen molar-refractivity contribution in [2.45, 2.75) is 19.8 Å². The first-order chi connectivity index (χ1) is 8.09. The molecule has 0 unspecified atom stereocenters. The van der Waals surface area contributed by atoms with Crippen molar-refractivity contribution in [3.8, 4) is 0 Å². The second-order valence-corrected chi connectivity index (χ2v) is 4.09. The van der Waals surface area contributed by atoms with Gasteiger partial charge in [-0.1, -0.05) is 13.8 Å². The lowest BCUT2D eigenvalue weighted by atomic mass is 10.0. The van der Waals surface area contributed by atoms with Gasteiger partial charge in [0, 0.05) is 23.7 Å². The summed E-state index contributed by atoms with van der Waals surface area (Å²) >= 11 is 0. The zero-order valence-electron chi connectivity index (χ0n) is 9.65. The van der Waals surface area contributed by atoms with E-state index in [0.29, 0.717) is 17.0 Å². The molecule has 0 amide bonds. The SMILES string of the molecule is CC(C)c1[nH]c(=O)[nH]c1C(=O)c1ccncc1. The summed E-state index contributed by atoms with van der Waals surface area (Å²) in [7, 11) is 0. The van der Waals surface area contributed by atoms with Crippen molar-refractivity contribution in [1.29, 1.82) is 0 Å². The summed E-state index contributed by atoms with van der Waals surface area (Å²) in [5, 5.41) is 0. The number of imidazole rings is 1. The average molecular weight is 231 g/mol. The molecule has 2 aromatic heterocycles. The summed E-state index contributed by atoms with van der Waals surface area (Å²) < 4.78 is 0. The van der Waals surface area contributed by atoms with Crippen LogP contribution in [0.15, 0.2) is 29.3 Å². The molecule has 88 valence electrons. The fraction of sp³-hybridized carbons (Fsp3) is 0.250. The predicted molar refractivity (Wildman–Crippen MR) is 63.2 cm³/mol. The second-order valence-electron chi connectivity index (χ2n) is 4.09. The Bertz CT molecular complexity index is 581. The van der Waals surface area contributed by atoms with Gasteiger partial charge in [0.15, 0.2) is 0 Å². The van der Waals surface area contributed by atoms with E-state index in [9.17, 15) is 9.59 Å². The molecule has 0 bridgehead atoms. The predicted octanol–water partition coefficient (Wildman–Crippen LogP) is 1.45. The van der Waals surface area contributed by atoms with Crippen molar-refractivity contribution in [3.05, 3.63) is 52.0 Å². The molecule has 0 spiro atoms. The quantitative estimate of drug-likeness (QED) is 0.785. The lowest BCUT2D eigenvalue weighted by Crippen LogP contribution is -2.07.